The molecular formula is C75H92O50S5. The van der Waals surface area contributed by atoms with Crippen molar-refractivity contribution in [3.63, 3.8) is 0 Å². The standard InChI is InChI=1S/C18H22O12S.C15H20O8S.C14H18O10S.2C14H16O10S/c1-10(2)16(22)26-7-13(21)28-14-15-18(4-5-25-9-19)12(31(23,24)29-15)6-17(14,30-18)8-27-11(3)20;1-8(2)12(17)20-7-10(16)21-15(5)13(3)6-9-11(22-13)14(15,4)23-24(9,18)19;1-7(2)12(18)21-4-9(17)22-10-11-14(6-16)8(25(19,20)23-11)3-13(10,5-15)24-14;1-6(2)12(16)21-5-8(15)23-9-7-4-14(13(17)20-3)11(22-7)10(9)24-25(14,18)19;1-5(2)13(16)21-4-6(15)22-9-8-7(14(17)20-3)12-11(23-8)10(9)24-25(12,18)19/h9,12,14-15H,1,4-8H2,2-3H3;9,11H,1,6-7H2,2-5H3;8,10-11,15-16H,1,3-6H2,2H3;7,9-11H,1,4-5H2,2-3H3;7-12H,1,4H2,2-3H3. The summed E-state index contributed by atoms with van der Waals surface area (Å²) in [5.74, 6) is -12.0. The fourth-order valence-electron chi connectivity index (χ4n) is 18.3. The molecule has 55 heteroatoms. The van der Waals surface area contributed by atoms with E-state index in [1.54, 1.807) is 20.8 Å². The summed E-state index contributed by atoms with van der Waals surface area (Å²) in [6, 6.07) is 0. The zero-order valence-corrected chi connectivity index (χ0v) is 75.0. The lowest BCUT2D eigenvalue weighted by Crippen LogP contribution is -2.64. The van der Waals surface area contributed by atoms with E-state index in [2.05, 4.69) is 56.6 Å². The number of methoxy groups -OCH3 is 2. The molecule has 0 spiro atoms. The van der Waals surface area contributed by atoms with Crippen LogP contribution in [0.5, 0.6) is 0 Å². The Bertz CT molecular complexity index is 5390. The van der Waals surface area contributed by atoms with Crippen molar-refractivity contribution in [2.45, 2.75) is 239 Å². The van der Waals surface area contributed by atoms with Gasteiger partial charge in [0.05, 0.1) is 34.0 Å². The lowest BCUT2D eigenvalue weighted by molar-refractivity contribution is -0.198. The number of aliphatic hydroxyl groups excluding tert-OH is 2. The van der Waals surface area contributed by atoms with Gasteiger partial charge in [-0.2, -0.15) is 42.1 Å². The van der Waals surface area contributed by atoms with Crippen LogP contribution in [0, 0.1) is 5.92 Å². The molecule has 26 atom stereocenters. The van der Waals surface area contributed by atoms with Crippen LogP contribution in [0.3, 0.4) is 0 Å². The highest BCUT2D eigenvalue weighted by Gasteiger charge is 2.86. The molecular weight excluding hydrogens is 1860 g/mol. The van der Waals surface area contributed by atoms with Gasteiger partial charge in [0.1, 0.15) is 116 Å². The molecule has 0 aromatic heterocycles. The molecule has 0 radical (unpaired) electrons. The summed E-state index contributed by atoms with van der Waals surface area (Å²) in [5.41, 5.74) is -9.19. The van der Waals surface area contributed by atoms with Crippen LogP contribution in [-0.4, -0.2) is 354 Å². The van der Waals surface area contributed by atoms with E-state index >= 15 is 0 Å². The van der Waals surface area contributed by atoms with Gasteiger partial charge in [0.15, 0.2) is 68.7 Å². The molecule has 15 aliphatic heterocycles. The summed E-state index contributed by atoms with van der Waals surface area (Å²) in [4.78, 5) is 163. The van der Waals surface area contributed by atoms with Gasteiger partial charge in [-0.1, -0.05) is 32.9 Å². The van der Waals surface area contributed by atoms with Gasteiger partial charge < -0.3 is 100 Å². The van der Waals surface area contributed by atoms with Crippen LogP contribution in [0.25, 0.3) is 0 Å². The van der Waals surface area contributed by atoms with E-state index in [4.69, 9.17) is 87.2 Å². The Morgan fingerprint density at radius 2 is 0.931 bits per heavy atom. The number of ether oxygens (including phenoxy) is 19. The molecule has 0 aromatic carbocycles. The number of carbonyl (C=O) groups is 14. The van der Waals surface area contributed by atoms with Crippen LogP contribution < -0.4 is 0 Å². The predicted molar refractivity (Wildman–Crippen MR) is 411 cm³/mol. The molecule has 15 aliphatic rings. The predicted octanol–water partition coefficient (Wildman–Crippen LogP) is -4.87. The first-order valence-electron chi connectivity index (χ1n) is 39.0. The van der Waals surface area contributed by atoms with Gasteiger partial charge >= 0.3 is 77.6 Å². The lowest BCUT2D eigenvalue weighted by atomic mass is 9.67. The van der Waals surface area contributed by atoms with Crippen molar-refractivity contribution in [2.24, 2.45) is 5.92 Å². The smallest absolute Gasteiger partial charge is 0.345 e. The van der Waals surface area contributed by atoms with Crippen LogP contribution >= 0.6 is 0 Å². The molecule has 130 heavy (non-hydrogen) atoms. The van der Waals surface area contributed by atoms with Crippen molar-refractivity contribution in [1.29, 1.82) is 0 Å². The minimum Gasteiger partial charge on any atom is -0.469 e. The van der Waals surface area contributed by atoms with Crippen LogP contribution in [-0.2, 0) is 229 Å². The van der Waals surface area contributed by atoms with E-state index in [0.29, 0.717) is 0 Å². The van der Waals surface area contributed by atoms with E-state index in [9.17, 15) is 119 Å². The second-order valence-electron chi connectivity index (χ2n) is 33.0. The lowest BCUT2D eigenvalue weighted by Gasteiger charge is -2.45. The van der Waals surface area contributed by atoms with Crippen molar-refractivity contribution >= 4 is 135 Å². The molecule has 722 valence electrons. The van der Waals surface area contributed by atoms with Crippen molar-refractivity contribution in [2.75, 3.05) is 73.7 Å². The highest BCUT2D eigenvalue weighted by Crippen LogP contribution is 2.66. The maximum Gasteiger partial charge on any atom is 0.345 e. The number of hydrogen-bond donors (Lipinski definition) is 2. The maximum atomic E-state index is 12.6. The first-order chi connectivity index (χ1) is 60.3. The highest BCUT2D eigenvalue weighted by atomic mass is 32.2. The zero-order valence-electron chi connectivity index (χ0n) is 70.9. The van der Waals surface area contributed by atoms with Gasteiger partial charge in [-0.15, -0.1) is 0 Å². The maximum absolute atomic E-state index is 12.6. The fourth-order valence-corrected chi connectivity index (χ4v) is 27.8. The first kappa shape index (κ1) is 101. The molecule has 15 fully saturated rings. The zero-order chi connectivity index (χ0) is 96.9. The van der Waals surface area contributed by atoms with Crippen LogP contribution in [0.1, 0.15) is 94.4 Å². The second-order valence-corrected chi connectivity index (χ2v) is 41.8. The second kappa shape index (κ2) is 36.2. The third-order valence-electron chi connectivity index (χ3n) is 24.4. The van der Waals surface area contributed by atoms with Crippen molar-refractivity contribution < 1.29 is 230 Å². The third kappa shape index (κ3) is 17.4. The summed E-state index contributed by atoms with van der Waals surface area (Å²) in [6.45, 7) is 24.9. The molecule has 10 bridgehead atoms. The molecule has 50 nitrogen and oxygen atoms in total. The van der Waals surface area contributed by atoms with Gasteiger partial charge in [-0.05, 0) is 55.4 Å². The fraction of sp³-hybridized carbons (Fsp3) is 0.680. The first-order valence-corrected chi connectivity index (χ1v) is 46.3. The minimum absolute atomic E-state index is 0.0547. The quantitative estimate of drug-likeness (QED) is 0.0170. The average molecular weight is 1950 g/mol. The Kier molecular flexibility index (Phi) is 28.1. The number of hydrogen-bond acceptors (Lipinski definition) is 50. The van der Waals surface area contributed by atoms with Gasteiger partial charge in [0, 0.05) is 66.9 Å². The summed E-state index contributed by atoms with van der Waals surface area (Å²) >= 11 is 0. The average Bonchev–Trinajstić information content (AvgIpc) is 1.49. The Hall–Kier alpha value is -9.45. The summed E-state index contributed by atoms with van der Waals surface area (Å²) in [5, 5.41) is 15.2. The third-order valence-corrected chi connectivity index (χ3v) is 33.3. The van der Waals surface area contributed by atoms with E-state index in [1.165, 1.54) is 34.6 Å². The van der Waals surface area contributed by atoms with Gasteiger partial charge in [-0.25, -0.2) is 47.9 Å². The highest BCUT2D eigenvalue weighted by molar-refractivity contribution is 7.89. The summed E-state index contributed by atoms with van der Waals surface area (Å²) < 4.78 is 244. The van der Waals surface area contributed by atoms with Gasteiger partial charge in [0.2, 0.25) is 4.75 Å². The SMILES string of the molecule is C=C(C)C(=O)OCC(=O)OC1(C)C2(C)CC3C(O2)C1(C)OS3(=O)=O.C=C(C)C(=O)OCC(=O)OC1C2CC3(C(=O)OC)C(O2)C1OS3(=O)=O.C=C(C)C(=O)OCC(=O)OC1C2OS(=O)(=O)C3C2OC1C3C(=O)OC.C=C(C)C(=O)OCC(=O)OC1C2OS(=O)(=O)C3CC1(CO)OC23CO.C=C(C)C(=O)OCC(=O)OC1C2OS(=O)(=O)C3CC1(COC(C)=O)OC23CCOC=O. The molecule has 15 saturated heterocycles. The van der Waals surface area contributed by atoms with Crippen molar-refractivity contribution in [1.82, 2.24) is 0 Å². The minimum atomic E-state index is -4.30. The monoisotopic (exact) mass is 1950 g/mol. The Balaban J connectivity index is 0.000000158. The van der Waals surface area contributed by atoms with E-state index in [0.717, 1.165) is 21.1 Å². The van der Waals surface area contributed by atoms with Crippen molar-refractivity contribution in [3.05, 3.63) is 60.8 Å². The number of fused-ring (bicyclic) bond motifs is 5. The normalized spacial score (nSPS) is 38.1. The number of esters is 13. The number of carbonyl (C=O) groups excluding carboxylic acids is 14. The largest absolute Gasteiger partial charge is 0.469 e. The molecule has 15 heterocycles. The molecule has 0 saturated carbocycles. The Morgan fingerprint density at radius 3 is 1.40 bits per heavy atom. The Labute approximate surface area is 740 Å². The van der Waals surface area contributed by atoms with Crippen LogP contribution in [0.2, 0.25) is 0 Å². The summed E-state index contributed by atoms with van der Waals surface area (Å²) in [6.07, 6.45) is -14.5. The topological polar surface area (TPSA) is 672 Å². The van der Waals surface area contributed by atoms with Crippen LogP contribution in [0.15, 0.2) is 60.8 Å². The van der Waals surface area contributed by atoms with Gasteiger partial charge in [0.25, 0.3) is 57.1 Å². The van der Waals surface area contributed by atoms with Crippen molar-refractivity contribution in [3.8, 4) is 0 Å². The molecule has 2 N–H and O–H groups in total. The van der Waals surface area contributed by atoms with E-state index < -0.39 is 331 Å². The summed E-state index contributed by atoms with van der Waals surface area (Å²) in [7, 11) is -18.1. The van der Waals surface area contributed by atoms with Crippen LogP contribution in [0.4, 0.5) is 0 Å². The molecule has 0 aromatic rings. The number of aliphatic hydroxyl groups is 2. The molecule has 15 rings (SSSR count). The number of rotatable bonds is 30. The molecule has 0 aliphatic carbocycles. The molecule has 0 amide bonds. The molecule has 26 unspecified atom stereocenters. The van der Waals surface area contributed by atoms with E-state index in [-0.39, 0.29) is 73.0 Å². The van der Waals surface area contributed by atoms with Gasteiger partial charge in [-0.3, -0.25) is 40.1 Å². The van der Waals surface area contributed by atoms with E-state index in [1.807, 2.05) is 0 Å². The Morgan fingerprint density at radius 1 is 0.469 bits per heavy atom.